The first-order valence-corrected chi connectivity index (χ1v) is 9.76. The van der Waals surface area contributed by atoms with Crippen LogP contribution in [0.3, 0.4) is 0 Å². The maximum atomic E-state index is 14.6. The smallest absolute Gasteiger partial charge is 0.191 e. The summed E-state index contributed by atoms with van der Waals surface area (Å²) in [5.74, 6) is 2.54. The average Bonchev–Trinajstić information content (AvgIpc) is 3.19. The van der Waals surface area contributed by atoms with Gasteiger partial charge in [0.25, 0.3) is 0 Å². The largest absolute Gasteiger partial charge is 0.486 e. The quantitative estimate of drug-likeness (QED) is 0.501. The van der Waals surface area contributed by atoms with E-state index in [0.717, 1.165) is 22.9 Å². The Bertz CT molecular complexity index is 1050. The average molecular weight is 409 g/mol. The van der Waals surface area contributed by atoms with Crippen molar-refractivity contribution in [1.29, 1.82) is 0 Å². The zero-order valence-corrected chi connectivity index (χ0v) is 16.9. The molecule has 0 bridgehead atoms. The molecule has 7 nitrogen and oxygen atoms in total. The maximum Gasteiger partial charge on any atom is 0.191 e. The van der Waals surface area contributed by atoms with Crippen LogP contribution in [0, 0.1) is 12.7 Å². The lowest BCUT2D eigenvalue weighted by molar-refractivity contribution is 0.0936. The summed E-state index contributed by atoms with van der Waals surface area (Å²) < 4.78 is 27.9. The molecule has 2 aromatic carbocycles. The molecule has 1 atom stereocenters. The van der Waals surface area contributed by atoms with Gasteiger partial charge in [-0.2, -0.15) is 0 Å². The number of halogens is 1. The Kier molecular flexibility index (Phi) is 5.83. The second-order valence-corrected chi connectivity index (χ2v) is 6.93. The number of guanidine groups is 1. The number of hydrogen-bond donors (Lipinski definition) is 2. The molecule has 3 aromatic rings. The fourth-order valence-electron chi connectivity index (χ4n) is 3.27. The van der Waals surface area contributed by atoms with Crippen LogP contribution in [0.2, 0.25) is 0 Å². The summed E-state index contributed by atoms with van der Waals surface area (Å²) in [5, 5.41) is 6.42. The van der Waals surface area contributed by atoms with Crippen molar-refractivity contribution in [3.8, 4) is 17.2 Å². The number of nitrogens with zero attached hydrogens (tertiary/aromatic N) is 3. The normalized spacial score (nSPS) is 15.7. The number of imidazole rings is 1. The van der Waals surface area contributed by atoms with Crippen LogP contribution < -0.4 is 20.1 Å². The second-order valence-electron chi connectivity index (χ2n) is 6.93. The molecule has 8 heteroatoms. The third-order valence-corrected chi connectivity index (χ3v) is 4.85. The van der Waals surface area contributed by atoms with E-state index < -0.39 is 0 Å². The molecule has 1 aromatic heterocycles. The highest BCUT2D eigenvalue weighted by Gasteiger charge is 2.20. The Morgan fingerprint density at radius 3 is 2.80 bits per heavy atom. The van der Waals surface area contributed by atoms with Crippen LogP contribution in [-0.2, 0) is 6.54 Å². The topological polar surface area (TPSA) is 72.7 Å². The summed E-state index contributed by atoms with van der Waals surface area (Å²) in [6, 6.07) is 12.8. The molecule has 2 heterocycles. The lowest BCUT2D eigenvalue weighted by Crippen LogP contribution is -2.45. The van der Waals surface area contributed by atoms with Crippen LogP contribution in [-0.4, -0.2) is 41.8 Å². The molecule has 0 saturated heterocycles. The monoisotopic (exact) mass is 409 g/mol. The number of benzene rings is 2. The third-order valence-electron chi connectivity index (χ3n) is 4.85. The van der Waals surface area contributed by atoms with Crippen molar-refractivity contribution in [2.75, 3.05) is 20.2 Å². The SMILES string of the molecule is CN=C(NCc1ccc(-n2ccnc2C)c(F)c1)NCC1COc2ccccc2O1. The highest BCUT2D eigenvalue weighted by Crippen LogP contribution is 2.30. The first-order chi connectivity index (χ1) is 14.6. The zero-order chi connectivity index (χ0) is 20.9. The predicted octanol–water partition coefficient (Wildman–Crippen LogP) is 2.82. The fourth-order valence-corrected chi connectivity index (χ4v) is 3.27. The Hall–Kier alpha value is -3.55. The molecule has 156 valence electrons. The highest BCUT2D eigenvalue weighted by atomic mass is 19.1. The van der Waals surface area contributed by atoms with E-state index in [1.807, 2.05) is 37.3 Å². The van der Waals surface area contributed by atoms with Crippen LogP contribution in [0.5, 0.6) is 11.5 Å². The number of fused-ring (bicyclic) bond motifs is 1. The van der Waals surface area contributed by atoms with Crippen LogP contribution in [0.1, 0.15) is 11.4 Å². The van der Waals surface area contributed by atoms with Crippen LogP contribution in [0.15, 0.2) is 59.9 Å². The van der Waals surface area contributed by atoms with E-state index in [1.165, 1.54) is 6.07 Å². The number of aromatic nitrogens is 2. The van der Waals surface area contributed by atoms with Gasteiger partial charge in [0.05, 0.1) is 12.2 Å². The Labute approximate surface area is 174 Å². The lowest BCUT2D eigenvalue weighted by atomic mass is 10.2. The highest BCUT2D eigenvalue weighted by molar-refractivity contribution is 5.79. The third kappa shape index (κ3) is 4.37. The van der Waals surface area contributed by atoms with E-state index in [1.54, 1.807) is 30.1 Å². The number of nitrogens with one attached hydrogen (secondary N) is 2. The van der Waals surface area contributed by atoms with Gasteiger partial charge in [0.1, 0.15) is 24.4 Å². The minimum Gasteiger partial charge on any atom is -0.486 e. The van der Waals surface area contributed by atoms with E-state index in [0.29, 0.717) is 31.3 Å². The van der Waals surface area contributed by atoms with Crippen molar-refractivity contribution in [2.24, 2.45) is 4.99 Å². The summed E-state index contributed by atoms with van der Waals surface area (Å²) in [6.07, 6.45) is 3.26. The first-order valence-electron chi connectivity index (χ1n) is 9.76. The van der Waals surface area contributed by atoms with E-state index in [2.05, 4.69) is 20.6 Å². The van der Waals surface area contributed by atoms with Crippen molar-refractivity contribution in [3.05, 3.63) is 72.1 Å². The molecular formula is C22H24FN5O2. The maximum absolute atomic E-state index is 14.6. The van der Waals surface area contributed by atoms with Crippen molar-refractivity contribution in [3.63, 3.8) is 0 Å². The van der Waals surface area contributed by atoms with Gasteiger partial charge >= 0.3 is 0 Å². The van der Waals surface area contributed by atoms with Gasteiger partial charge in [-0.1, -0.05) is 18.2 Å². The van der Waals surface area contributed by atoms with Crippen molar-refractivity contribution in [2.45, 2.75) is 19.6 Å². The Morgan fingerprint density at radius 2 is 2.07 bits per heavy atom. The fraction of sp³-hybridized carbons (Fsp3) is 0.273. The predicted molar refractivity (Wildman–Crippen MR) is 113 cm³/mol. The summed E-state index contributed by atoms with van der Waals surface area (Å²) in [6.45, 7) is 3.26. The Balaban J connectivity index is 1.31. The van der Waals surface area contributed by atoms with E-state index >= 15 is 0 Å². The number of ether oxygens (including phenoxy) is 2. The molecule has 2 N–H and O–H groups in total. The van der Waals surface area contributed by atoms with Crippen LogP contribution >= 0.6 is 0 Å². The minimum absolute atomic E-state index is 0.131. The summed E-state index contributed by atoms with van der Waals surface area (Å²) in [7, 11) is 1.69. The molecular weight excluding hydrogens is 385 g/mol. The second kappa shape index (κ2) is 8.86. The zero-order valence-electron chi connectivity index (χ0n) is 16.9. The van der Waals surface area contributed by atoms with E-state index in [4.69, 9.17) is 9.47 Å². The standard InChI is InChI=1S/C22H24FN5O2/c1-15-25-9-10-28(15)19-8-7-16(11-18(19)23)12-26-22(24-2)27-13-17-14-29-20-5-3-4-6-21(20)30-17/h3-11,17H,12-14H2,1-2H3,(H2,24,26,27). The van der Waals surface area contributed by atoms with Gasteiger partial charge in [-0.15, -0.1) is 0 Å². The van der Waals surface area contributed by atoms with Gasteiger partial charge in [0, 0.05) is 26.0 Å². The number of aliphatic imine (C=N–C) groups is 1. The van der Waals surface area contributed by atoms with E-state index in [-0.39, 0.29) is 11.9 Å². The first kappa shape index (κ1) is 19.8. The Morgan fingerprint density at radius 1 is 1.23 bits per heavy atom. The molecule has 0 radical (unpaired) electrons. The lowest BCUT2D eigenvalue weighted by Gasteiger charge is -2.27. The molecule has 0 saturated carbocycles. The van der Waals surface area contributed by atoms with Crippen molar-refractivity contribution >= 4 is 5.96 Å². The van der Waals surface area contributed by atoms with Crippen LogP contribution in [0.4, 0.5) is 4.39 Å². The van der Waals surface area contributed by atoms with Crippen LogP contribution in [0.25, 0.3) is 5.69 Å². The minimum atomic E-state index is -0.301. The molecule has 1 unspecified atom stereocenters. The van der Waals surface area contributed by atoms with Crippen molar-refractivity contribution in [1.82, 2.24) is 20.2 Å². The number of hydrogen-bond acceptors (Lipinski definition) is 4. The van der Waals surface area contributed by atoms with Gasteiger partial charge in [0.15, 0.2) is 17.5 Å². The van der Waals surface area contributed by atoms with Gasteiger partial charge in [-0.3, -0.25) is 4.99 Å². The molecule has 0 amide bonds. The van der Waals surface area contributed by atoms with Gasteiger partial charge in [-0.25, -0.2) is 9.37 Å². The molecule has 30 heavy (non-hydrogen) atoms. The number of aryl methyl sites for hydroxylation is 1. The summed E-state index contributed by atoms with van der Waals surface area (Å²) in [4.78, 5) is 8.36. The van der Waals surface area contributed by atoms with Crippen molar-refractivity contribution < 1.29 is 13.9 Å². The molecule has 0 fully saturated rings. The number of rotatable bonds is 5. The van der Waals surface area contributed by atoms with E-state index in [9.17, 15) is 4.39 Å². The number of para-hydroxylation sites is 2. The molecule has 1 aliphatic heterocycles. The van der Waals surface area contributed by atoms with Gasteiger partial charge in [0.2, 0.25) is 0 Å². The summed E-state index contributed by atoms with van der Waals surface area (Å²) in [5.41, 5.74) is 1.29. The van der Waals surface area contributed by atoms with Gasteiger partial charge < -0.3 is 24.7 Å². The molecule has 1 aliphatic rings. The molecule has 0 spiro atoms. The molecule has 0 aliphatic carbocycles. The summed E-state index contributed by atoms with van der Waals surface area (Å²) >= 11 is 0. The molecule has 4 rings (SSSR count). The van der Waals surface area contributed by atoms with Gasteiger partial charge in [-0.05, 0) is 36.8 Å².